The van der Waals surface area contributed by atoms with Gasteiger partial charge in [0.15, 0.2) is 0 Å². The molecule has 0 saturated heterocycles. The molecule has 0 spiro atoms. The average Bonchev–Trinajstić information content (AvgIpc) is 2.32. The van der Waals surface area contributed by atoms with Crippen molar-refractivity contribution in [2.24, 2.45) is 0 Å². The van der Waals surface area contributed by atoms with Crippen molar-refractivity contribution in [2.45, 2.75) is 17.9 Å². The largest absolute Gasteiger partial charge is 0.469 e. The van der Waals surface area contributed by atoms with Crippen LogP contribution in [0.2, 0.25) is 5.02 Å². The molecule has 0 aliphatic carbocycles. The number of hydrogen-bond acceptors (Lipinski definition) is 4. The van der Waals surface area contributed by atoms with Gasteiger partial charge in [0.05, 0.1) is 13.5 Å². The number of carbonyl (C=O) groups excluding carboxylic acids is 1. The Bertz CT molecular complexity index is 385. The zero-order valence-corrected chi connectivity index (χ0v) is 11.5. The second-order valence-electron chi connectivity index (χ2n) is 3.46. The maximum Gasteiger partial charge on any atom is 0.306 e. The molecule has 0 heterocycles. The highest BCUT2D eigenvalue weighted by Crippen LogP contribution is 2.26. The van der Waals surface area contributed by atoms with Crippen LogP contribution in [-0.2, 0) is 16.1 Å². The molecule has 0 bridgehead atoms. The van der Waals surface area contributed by atoms with Crippen LogP contribution in [0.5, 0.6) is 0 Å². The van der Waals surface area contributed by atoms with Crippen LogP contribution in [0.4, 0.5) is 0 Å². The van der Waals surface area contributed by atoms with Crippen LogP contribution in [0.25, 0.3) is 0 Å². The maximum absolute atomic E-state index is 11.0. The van der Waals surface area contributed by atoms with Crippen LogP contribution in [0.1, 0.15) is 12.0 Å². The Morgan fingerprint density at radius 2 is 2.29 bits per heavy atom. The van der Waals surface area contributed by atoms with Crippen LogP contribution in [0.3, 0.4) is 0 Å². The maximum atomic E-state index is 11.0. The number of benzene rings is 1. The summed E-state index contributed by atoms with van der Waals surface area (Å²) in [6, 6.07) is 5.79. The van der Waals surface area contributed by atoms with E-state index in [9.17, 15) is 4.79 Å². The lowest BCUT2D eigenvalue weighted by molar-refractivity contribution is -0.140. The molecule has 17 heavy (non-hydrogen) atoms. The predicted octanol–water partition coefficient (Wildman–Crippen LogP) is 2.71. The molecule has 0 amide bonds. The van der Waals surface area contributed by atoms with Gasteiger partial charge < -0.3 is 10.1 Å². The van der Waals surface area contributed by atoms with E-state index in [4.69, 9.17) is 11.6 Å². The Hall–Kier alpha value is -0.710. The normalized spacial score (nSPS) is 10.3. The van der Waals surface area contributed by atoms with Gasteiger partial charge in [0, 0.05) is 22.2 Å². The van der Waals surface area contributed by atoms with E-state index in [0.29, 0.717) is 12.2 Å². The summed E-state index contributed by atoms with van der Waals surface area (Å²) in [4.78, 5) is 12.1. The summed E-state index contributed by atoms with van der Waals surface area (Å²) < 4.78 is 4.60. The number of carbonyl (C=O) groups is 1. The Morgan fingerprint density at radius 3 is 2.94 bits per heavy atom. The van der Waals surface area contributed by atoms with Gasteiger partial charge in [-0.15, -0.1) is 11.8 Å². The fraction of sp³-hybridized carbons (Fsp3) is 0.417. The van der Waals surface area contributed by atoms with Crippen molar-refractivity contribution in [1.29, 1.82) is 0 Å². The zero-order chi connectivity index (χ0) is 12.7. The van der Waals surface area contributed by atoms with Crippen molar-refractivity contribution < 1.29 is 9.53 Å². The molecular weight excluding hydrogens is 258 g/mol. The van der Waals surface area contributed by atoms with E-state index in [1.807, 2.05) is 25.2 Å². The molecule has 3 nitrogen and oxygen atoms in total. The fourth-order valence-electron chi connectivity index (χ4n) is 1.36. The van der Waals surface area contributed by atoms with Gasteiger partial charge in [-0.3, -0.25) is 4.79 Å². The molecule has 5 heteroatoms. The average molecular weight is 274 g/mol. The first kappa shape index (κ1) is 14.4. The van der Waals surface area contributed by atoms with Crippen molar-refractivity contribution in [3.05, 3.63) is 28.8 Å². The lowest BCUT2D eigenvalue weighted by Gasteiger charge is -2.09. The third kappa shape index (κ3) is 4.98. The van der Waals surface area contributed by atoms with Crippen molar-refractivity contribution in [3.8, 4) is 0 Å². The molecule has 0 unspecified atom stereocenters. The lowest BCUT2D eigenvalue weighted by atomic mass is 10.2. The van der Waals surface area contributed by atoms with Gasteiger partial charge in [-0.05, 0) is 30.8 Å². The lowest BCUT2D eigenvalue weighted by Crippen LogP contribution is -2.06. The predicted molar refractivity (Wildman–Crippen MR) is 71.6 cm³/mol. The van der Waals surface area contributed by atoms with Gasteiger partial charge >= 0.3 is 5.97 Å². The van der Waals surface area contributed by atoms with Crippen LogP contribution < -0.4 is 5.32 Å². The number of hydrogen-bond donors (Lipinski definition) is 1. The highest BCUT2D eigenvalue weighted by Gasteiger charge is 2.05. The Balaban J connectivity index is 2.60. The van der Waals surface area contributed by atoms with E-state index in [1.54, 1.807) is 11.8 Å². The minimum absolute atomic E-state index is 0.179. The standard InChI is InChI=1S/C12H16ClNO2S/c1-14-8-9-7-10(13)3-4-11(9)17-6-5-12(15)16-2/h3-4,7,14H,5-6,8H2,1-2H3. The van der Waals surface area contributed by atoms with Gasteiger partial charge in [0.1, 0.15) is 0 Å². The molecule has 1 rings (SSSR count). The van der Waals surface area contributed by atoms with Crippen molar-refractivity contribution >= 4 is 29.3 Å². The first-order valence-corrected chi connectivity index (χ1v) is 6.66. The minimum Gasteiger partial charge on any atom is -0.469 e. The second kappa shape index (κ2) is 7.58. The molecule has 0 saturated carbocycles. The molecule has 1 N–H and O–H groups in total. The number of rotatable bonds is 6. The minimum atomic E-state index is -0.179. The molecule has 94 valence electrons. The SMILES string of the molecule is CNCc1cc(Cl)ccc1SCCC(=O)OC. The number of methoxy groups -OCH3 is 1. The quantitative estimate of drug-likeness (QED) is 0.639. The second-order valence-corrected chi connectivity index (χ2v) is 5.03. The van der Waals surface area contributed by atoms with E-state index >= 15 is 0 Å². The molecule has 0 atom stereocenters. The van der Waals surface area contributed by atoms with E-state index in [0.717, 1.165) is 22.0 Å². The summed E-state index contributed by atoms with van der Waals surface area (Å²) in [5.41, 5.74) is 1.15. The van der Waals surface area contributed by atoms with Gasteiger partial charge in [0.25, 0.3) is 0 Å². The molecule has 1 aromatic rings. The molecule has 0 radical (unpaired) electrons. The number of nitrogens with one attached hydrogen (secondary N) is 1. The molecule has 0 aliphatic rings. The van der Waals surface area contributed by atoms with E-state index in [1.165, 1.54) is 7.11 Å². The number of halogens is 1. The van der Waals surface area contributed by atoms with E-state index < -0.39 is 0 Å². The summed E-state index contributed by atoms with van der Waals surface area (Å²) in [5, 5.41) is 3.83. The van der Waals surface area contributed by atoms with Gasteiger partial charge in [-0.2, -0.15) is 0 Å². The van der Waals surface area contributed by atoms with Crippen LogP contribution in [0.15, 0.2) is 23.1 Å². The molecule has 0 aliphatic heterocycles. The zero-order valence-electron chi connectivity index (χ0n) is 9.96. The third-order valence-electron chi connectivity index (χ3n) is 2.18. The Morgan fingerprint density at radius 1 is 1.53 bits per heavy atom. The monoisotopic (exact) mass is 273 g/mol. The summed E-state index contributed by atoms with van der Waals surface area (Å²) >= 11 is 7.59. The Labute approximate surface area is 111 Å². The van der Waals surface area contributed by atoms with Crippen molar-refractivity contribution in [3.63, 3.8) is 0 Å². The summed E-state index contributed by atoms with van der Waals surface area (Å²) in [7, 11) is 3.30. The summed E-state index contributed by atoms with van der Waals surface area (Å²) in [6.07, 6.45) is 0.419. The third-order valence-corrected chi connectivity index (χ3v) is 3.53. The smallest absolute Gasteiger partial charge is 0.306 e. The number of esters is 1. The summed E-state index contributed by atoms with van der Waals surface area (Å²) in [5.74, 6) is 0.534. The highest BCUT2D eigenvalue weighted by molar-refractivity contribution is 7.99. The summed E-state index contributed by atoms with van der Waals surface area (Å²) in [6.45, 7) is 0.765. The van der Waals surface area contributed by atoms with Crippen LogP contribution in [-0.4, -0.2) is 25.9 Å². The van der Waals surface area contributed by atoms with Crippen molar-refractivity contribution in [2.75, 3.05) is 19.9 Å². The first-order valence-electron chi connectivity index (χ1n) is 5.30. The topological polar surface area (TPSA) is 38.3 Å². The van der Waals surface area contributed by atoms with E-state index in [2.05, 4.69) is 10.1 Å². The highest BCUT2D eigenvalue weighted by atomic mass is 35.5. The van der Waals surface area contributed by atoms with Gasteiger partial charge in [-0.1, -0.05) is 11.6 Å². The number of thioether (sulfide) groups is 1. The molecular formula is C12H16ClNO2S. The van der Waals surface area contributed by atoms with Crippen LogP contribution >= 0.6 is 23.4 Å². The first-order chi connectivity index (χ1) is 8.17. The van der Waals surface area contributed by atoms with Gasteiger partial charge in [0.2, 0.25) is 0 Å². The fourth-order valence-corrected chi connectivity index (χ4v) is 2.53. The molecule has 1 aromatic carbocycles. The van der Waals surface area contributed by atoms with Crippen molar-refractivity contribution in [1.82, 2.24) is 5.32 Å². The van der Waals surface area contributed by atoms with Crippen LogP contribution in [0, 0.1) is 0 Å². The van der Waals surface area contributed by atoms with E-state index in [-0.39, 0.29) is 5.97 Å². The van der Waals surface area contributed by atoms with Gasteiger partial charge in [-0.25, -0.2) is 0 Å². The molecule has 0 fully saturated rings. The molecule has 0 aromatic heterocycles. The Kier molecular flexibility index (Phi) is 6.40. The number of ether oxygens (including phenoxy) is 1.